The van der Waals surface area contributed by atoms with E-state index in [2.05, 4.69) is 6.92 Å². The van der Waals surface area contributed by atoms with E-state index < -0.39 is 23.3 Å². The maximum absolute atomic E-state index is 15.0. The van der Waals surface area contributed by atoms with Gasteiger partial charge in [-0.1, -0.05) is 49.7 Å². The molecule has 0 aromatic heterocycles. The summed E-state index contributed by atoms with van der Waals surface area (Å²) in [6.45, 7) is 2.49. The van der Waals surface area contributed by atoms with E-state index in [9.17, 15) is 17.6 Å². The van der Waals surface area contributed by atoms with Gasteiger partial charge >= 0.3 is 0 Å². The Labute approximate surface area is 191 Å². The minimum atomic E-state index is -1.07. The molecule has 0 aliphatic carbocycles. The van der Waals surface area contributed by atoms with Crippen LogP contribution in [-0.2, 0) is 4.74 Å². The van der Waals surface area contributed by atoms with Crippen molar-refractivity contribution in [3.05, 3.63) is 77.4 Å². The van der Waals surface area contributed by atoms with E-state index in [0.717, 1.165) is 25.7 Å². The molecule has 4 rings (SSSR count). The van der Waals surface area contributed by atoms with Crippen LogP contribution in [0, 0.1) is 23.3 Å². The van der Waals surface area contributed by atoms with Crippen LogP contribution >= 0.6 is 0 Å². The predicted molar refractivity (Wildman–Crippen MR) is 120 cm³/mol. The number of halogens is 4. The zero-order valence-corrected chi connectivity index (χ0v) is 18.6. The van der Waals surface area contributed by atoms with Gasteiger partial charge in [0.2, 0.25) is 5.82 Å². The van der Waals surface area contributed by atoms with E-state index in [0.29, 0.717) is 23.3 Å². The second kappa shape index (κ2) is 9.96. The smallest absolute Gasteiger partial charge is 0.201 e. The first kappa shape index (κ1) is 23.3. The molecule has 0 saturated carbocycles. The van der Waals surface area contributed by atoms with Crippen molar-refractivity contribution < 1.29 is 27.0 Å². The van der Waals surface area contributed by atoms with E-state index in [1.807, 2.05) is 0 Å². The molecule has 1 aliphatic heterocycles. The number of benzene rings is 3. The minimum Gasteiger partial charge on any atom is -0.494 e. The Morgan fingerprint density at radius 2 is 1.39 bits per heavy atom. The lowest BCUT2D eigenvalue weighted by Gasteiger charge is -2.29. The van der Waals surface area contributed by atoms with Gasteiger partial charge in [-0.25, -0.2) is 13.2 Å². The monoisotopic (exact) mass is 458 g/mol. The van der Waals surface area contributed by atoms with E-state index in [4.69, 9.17) is 9.47 Å². The second-order valence-electron chi connectivity index (χ2n) is 8.37. The number of rotatable bonds is 6. The van der Waals surface area contributed by atoms with Crippen LogP contribution in [0.25, 0.3) is 22.3 Å². The van der Waals surface area contributed by atoms with Crippen LogP contribution in [0.4, 0.5) is 17.6 Å². The highest BCUT2D eigenvalue weighted by molar-refractivity contribution is 5.71. The van der Waals surface area contributed by atoms with Gasteiger partial charge in [-0.15, -0.1) is 0 Å². The van der Waals surface area contributed by atoms with Crippen molar-refractivity contribution in [3.8, 4) is 28.0 Å². The molecule has 2 nitrogen and oxygen atoms in total. The van der Waals surface area contributed by atoms with Gasteiger partial charge in [0, 0.05) is 17.0 Å². The highest BCUT2D eigenvalue weighted by Gasteiger charge is 2.27. The normalized spacial score (nSPS) is 18.4. The van der Waals surface area contributed by atoms with Gasteiger partial charge in [0.05, 0.1) is 19.8 Å². The molecule has 0 bridgehead atoms. The summed E-state index contributed by atoms with van der Waals surface area (Å²) in [4.78, 5) is 0. The molecular formula is C27H26F4O2. The predicted octanol–water partition coefficient (Wildman–Crippen LogP) is 7.65. The molecule has 33 heavy (non-hydrogen) atoms. The van der Waals surface area contributed by atoms with E-state index in [1.54, 1.807) is 36.4 Å². The first-order valence-electron chi connectivity index (χ1n) is 11.2. The van der Waals surface area contributed by atoms with Crippen LogP contribution in [-0.4, -0.2) is 19.8 Å². The largest absolute Gasteiger partial charge is 0.494 e. The summed E-state index contributed by atoms with van der Waals surface area (Å²) < 4.78 is 69.0. The fraction of sp³-hybridized carbons (Fsp3) is 0.333. The van der Waals surface area contributed by atoms with Crippen LogP contribution in [0.15, 0.2) is 48.5 Å². The number of hydrogen-bond acceptors (Lipinski definition) is 2. The van der Waals surface area contributed by atoms with E-state index in [-0.39, 0.29) is 28.9 Å². The van der Waals surface area contributed by atoms with E-state index >= 15 is 0 Å². The fourth-order valence-electron chi connectivity index (χ4n) is 4.45. The van der Waals surface area contributed by atoms with Crippen molar-refractivity contribution in [2.24, 2.45) is 0 Å². The average Bonchev–Trinajstić information content (AvgIpc) is 2.84. The number of methoxy groups -OCH3 is 1. The molecule has 2 unspecified atom stereocenters. The Bertz CT molecular complexity index is 1120. The minimum absolute atomic E-state index is 0.0560. The Kier molecular flexibility index (Phi) is 7.03. The average molecular weight is 458 g/mol. The van der Waals surface area contributed by atoms with E-state index in [1.165, 1.54) is 19.2 Å². The lowest BCUT2D eigenvalue weighted by molar-refractivity contribution is -0.00181. The third-order valence-corrected chi connectivity index (χ3v) is 6.31. The molecule has 2 atom stereocenters. The molecule has 1 fully saturated rings. The summed E-state index contributed by atoms with van der Waals surface area (Å²) >= 11 is 0. The van der Waals surface area contributed by atoms with Crippen LogP contribution in [0.2, 0.25) is 0 Å². The number of ether oxygens (including phenoxy) is 2. The fourth-order valence-corrected chi connectivity index (χ4v) is 4.45. The van der Waals surface area contributed by atoms with Crippen molar-refractivity contribution in [2.75, 3.05) is 13.7 Å². The van der Waals surface area contributed by atoms with Crippen molar-refractivity contribution in [1.29, 1.82) is 0 Å². The maximum atomic E-state index is 15.0. The summed E-state index contributed by atoms with van der Waals surface area (Å²) in [6.07, 6.45) is 3.81. The summed E-state index contributed by atoms with van der Waals surface area (Å²) in [6, 6.07) is 12.2. The summed E-state index contributed by atoms with van der Waals surface area (Å²) in [5.74, 6) is -4.23. The number of hydrogen-bond donors (Lipinski definition) is 0. The quantitative estimate of drug-likeness (QED) is 0.353. The van der Waals surface area contributed by atoms with Gasteiger partial charge < -0.3 is 9.47 Å². The standard InChI is InChI=1S/C27H26F4O2/c1-3-4-19-10-9-18(15-33-19)22-12-11-20(24(28)25(22)29)16-5-7-17(8-6-16)21-13-14-23(32-2)27(31)26(21)30/h5-8,11-14,18-19H,3-4,9-10,15H2,1-2H3. The lowest BCUT2D eigenvalue weighted by Crippen LogP contribution is -2.25. The van der Waals surface area contributed by atoms with Gasteiger partial charge in [-0.3, -0.25) is 0 Å². The van der Waals surface area contributed by atoms with Crippen molar-refractivity contribution in [1.82, 2.24) is 0 Å². The molecule has 174 valence electrons. The zero-order chi connectivity index (χ0) is 23.5. The third-order valence-electron chi connectivity index (χ3n) is 6.31. The topological polar surface area (TPSA) is 18.5 Å². The summed E-state index contributed by atoms with van der Waals surface area (Å²) in [5.41, 5.74) is 1.36. The molecule has 0 amide bonds. The second-order valence-corrected chi connectivity index (χ2v) is 8.37. The van der Waals surface area contributed by atoms with Crippen LogP contribution in [0.3, 0.4) is 0 Å². The first-order valence-corrected chi connectivity index (χ1v) is 11.2. The van der Waals surface area contributed by atoms with Crippen molar-refractivity contribution in [2.45, 2.75) is 44.6 Å². The zero-order valence-electron chi connectivity index (χ0n) is 18.6. The maximum Gasteiger partial charge on any atom is 0.201 e. The Balaban J connectivity index is 1.57. The molecule has 0 spiro atoms. The molecule has 0 N–H and O–H groups in total. The van der Waals surface area contributed by atoms with Gasteiger partial charge in [-0.05, 0) is 48.1 Å². The van der Waals surface area contributed by atoms with Crippen LogP contribution in [0.1, 0.15) is 44.1 Å². The van der Waals surface area contributed by atoms with Crippen molar-refractivity contribution >= 4 is 0 Å². The van der Waals surface area contributed by atoms with Gasteiger partial charge in [-0.2, -0.15) is 4.39 Å². The molecular weight excluding hydrogens is 432 g/mol. The molecule has 1 saturated heterocycles. The lowest BCUT2D eigenvalue weighted by atomic mass is 9.88. The van der Waals surface area contributed by atoms with Crippen LogP contribution < -0.4 is 4.74 Å². The third kappa shape index (κ3) is 4.62. The molecule has 6 heteroatoms. The molecule has 1 aliphatic rings. The van der Waals surface area contributed by atoms with Gasteiger partial charge in [0.15, 0.2) is 23.2 Å². The van der Waals surface area contributed by atoms with Crippen molar-refractivity contribution in [3.63, 3.8) is 0 Å². The highest BCUT2D eigenvalue weighted by Crippen LogP contribution is 2.36. The SMILES string of the molecule is CCCC1CCC(c2ccc(-c3ccc(-c4ccc(OC)c(F)c4F)cc3)c(F)c2F)CO1. The Morgan fingerprint density at radius 3 is 1.94 bits per heavy atom. The Morgan fingerprint density at radius 1 is 0.788 bits per heavy atom. The summed E-state index contributed by atoms with van der Waals surface area (Å²) in [7, 11) is 1.26. The molecule has 1 heterocycles. The Hall–Kier alpha value is -2.86. The first-order chi connectivity index (χ1) is 15.9. The molecule has 0 radical (unpaired) electrons. The van der Waals surface area contributed by atoms with Gasteiger partial charge in [0.25, 0.3) is 0 Å². The van der Waals surface area contributed by atoms with Gasteiger partial charge in [0.1, 0.15) is 0 Å². The van der Waals surface area contributed by atoms with Crippen LogP contribution in [0.5, 0.6) is 5.75 Å². The highest BCUT2D eigenvalue weighted by atomic mass is 19.2. The summed E-state index contributed by atoms with van der Waals surface area (Å²) in [5, 5.41) is 0. The molecule has 3 aromatic carbocycles. The molecule has 3 aromatic rings.